The number of anilines is 2. The molecule has 4 heteroatoms. The quantitative estimate of drug-likeness (QED) is 0.187. The molecule has 5 aromatic rings. The van der Waals surface area contributed by atoms with Gasteiger partial charge in [-0.2, -0.15) is 5.26 Å². The van der Waals surface area contributed by atoms with Gasteiger partial charge in [0.25, 0.3) is 0 Å². The second-order valence-corrected chi connectivity index (χ2v) is 10.8. The zero-order valence-electron chi connectivity index (χ0n) is 23.9. The third-order valence-electron chi connectivity index (χ3n) is 7.49. The van der Waals surface area contributed by atoms with Crippen molar-refractivity contribution < 1.29 is 0 Å². The Morgan fingerprint density at radius 1 is 0.634 bits per heavy atom. The highest BCUT2D eigenvalue weighted by Crippen LogP contribution is 2.30. The van der Waals surface area contributed by atoms with E-state index in [9.17, 15) is 5.26 Å². The van der Waals surface area contributed by atoms with Gasteiger partial charge in [-0.15, -0.1) is 0 Å². The molecule has 1 aromatic heterocycles. The van der Waals surface area contributed by atoms with Crippen LogP contribution in [0.1, 0.15) is 56.6 Å². The molecule has 0 saturated heterocycles. The van der Waals surface area contributed by atoms with Crippen LogP contribution in [0.25, 0.3) is 0 Å². The van der Waals surface area contributed by atoms with Crippen molar-refractivity contribution in [2.24, 2.45) is 0 Å². The minimum atomic E-state index is -0.0503. The second kappa shape index (κ2) is 13.0. The number of aromatic nitrogens is 1. The van der Waals surface area contributed by atoms with Crippen LogP contribution in [0.5, 0.6) is 0 Å². The average Bonchev–Trinajstić information content (AvgIpc) is 2.99. The van der Waals surface area contributed by atoms with Crippen LogP contribution in [-0.4, -0.2) is 4.98 Å². The van der Waals surface area contributed by atoms with Gasteiger partial charge in [-0.1, -0.05) is 120 Å². The van der Waals surface area contributed by atoms with Gasteiger partial charge in [0, 0.05) is 0 Å². The zero-order valence-corrected chi connectivity index (χ0v) is 23.9. The van der Waals surface area contributed by atoms with Gasteiger partial charge in [-0.05, 0) is 67.5 Å². The summed E-state index contributed by atoms with van der Waals surface area (Å²) in [6.45, 7) is 6.18. The third-order valence-corrected chi connectivity index (χ3v) is 7.49. The Balaban J connectivity index is 1.48. The van der Waals surface area contributed by atoms with Gasteiger partial charge in [0.05, 0.1) is 17.6 Å². The van der Waals surface area contributed by atoms with Crippen LogP contribution in [0.2, 0.25) is 0 Å². The summed E-state index contributed by atoms with van der Waals surface area (Å²) in [5, 5.41) is 17.5. The molecule has 0 bridgehead atoms. The van der Waals surface area contributed by atoms with Gasteiger partial charge in [-0.25, -0.2) is 4.98 Å². The maximum absolute atomic E-state index is 10.1. The fourth-order valence-corrected chi connectivity index (χ4v) is 5.13. The van der Waals surface area contributed by atoms with Crippen molar-refractivity contribution in [2.75, 3.05) is 10.6 Å². The molecule has 4 aromatic carbocycles. The van der Waals surface area contributed by atoms with E-state index in [4.69, 9.17) is 4.98 Å². The maximum atomic E-state index is 10.1. The summed E-state index contributed by atoms with van der Waals surface area (Å²) in [6, 6.07) is 42.5. The van der Waals surface area contributed by atoms with Crippen LogP contribution in [0.15, 0.2) is 115 Å². The Hall–Kier alpha value is -4.88. The lowest BCUT2D eigenvalue weighted by atomic mass is 9.97. The van der Waals surface area contributed by atoms with Gasteiger partial charge in [0.15, 0.2) is 0 Å². The van der Waals surface area contributed by atoms with Crippen molar-refractivity contribution in [1.29, 1.82) is 5.26 Å². The molecule has 2 unspecified atom stereocenters. The largest absolute Gasteiger partial charge is 0.363 e. The van der Waals surface area contributed by atoms with Crippen LogP contribution in [0.3, 0.4) is 0 Å². The number of nitrogens with zero attached hydrogens (tertiary/aromatic N) is 2. The molecule has 4 nitrogen and oxygen atoms in total. The van der Waals surface area contributed by atoms with E-state index in [1.807, 2.05) is 25.1 Å². The van der Waals surface area contributed by atoms with E-state index in [0.29, 0.717) is 11.4 Å². The highest BCUT2D eigenvalue weighted by molar-refractivity contribution is 5.62. The average molecular weight is 537 g/mol. The number of nitrogens with one attached hydrogen (secondary N) is 2. The first-order valence-corrected chi connectivity index (χ1v) is 14.1. The van der Waals surface area contributed by atoms with E-state index in [1.54, 1.807) is 0 Å². The van der Waals surface area contributed by atoms with E-state index < -0.39 is 0 Å². The Kier molecular flexibility index (Phi) is 8.76. The number of hydrogen-bond acceptors (Lipinski definition) is 4. The predicted octanol–water partition coefficient (Wildman–Crippen LogP) is 8.67. The summed E-state index contributed by atoms with van der Waals surface area (Å²) in [6.07, 6.45) is 1.58. The Labute approximate surface area is 243 Å². The van der Waals surface area contributed by atoms with E-state index in [1.165, 1.54) is 27.8 Å². The lowest BCUT2D eigenvalue weighted by Gasteiger charge is -2.24. The van der Waals surface area contributed by atoms with Gasteiger partial charge >= 0.3 is 0 Å². The molecule has 204 valence electrons. The molecular formula is C37H36N4. The predicted molar refractivity (Wildman–Crippen MR) is 169 cm³/mol. The lowest BCUT2D eigenvalue weighted by Crippen LogP contribution is -2.18. The van der Waals surface area contributed by atoms with Crippen LogP contribution in [0.4, 0.5) is 11.6 Å². The molecule has 2 N–H and O–H groups in total. The number of aryl methyl sites for hydroxylation is 3. The first kappa shape index (κ1) is 27.7. The number of hydrogen-bond donors (Lipinski definition) is 2. The van der Waals surface area contributed by atoms with Crippen molar-refractivity contribution in [3.05, 3.63) is 160 Å². The van der Waals surface area contributed by atoms with Crippen LogP contribution in [-0.2, 0) is 12.8 Å². The normalized spacial score (nSPS) is 12.2. The van der Waals surface area contributed by atoms with Crippen LogP contribution < -0.4 is 10.6 Å². The Bertz CT molecular complexity index is 1600. The van der Waals surface area contributed by atoms with Crippen molar-refractivity contribution in [1.82, 2.24) is 4.98 Å². The molecule has 0 aliphatic rings. The molecule has 0 radical (unpaired) electrons. The Morgan fingerprint density at radius 2 is 1.10 bits per heavy atom. The minimum Gasteiger partial charge on any atom is -0.363 e. The molecule has 0 aliphatic carbocycles. The molecule has 1 heterocycles. The summed E-state index contributed by atoms with van der Waals surface area (Å²) in [5.74, 6) is 1.34. The van der Waals surface area contributed by atoms with Crippen molar-refractivity contribution in [2.45, 2.75) is 45.7 Å². The molecule has 2 atom stereocenters. The second-order valence-electron chi connectivity index (χ2n) is 10.8. The summed E-state index contributed by atoms with van der Waals surface area (Å²) in [4.78, 5) is 5.00. The fraction of sp³-hybridized carbons (Fsp3) is 0.189. The smallest absolute Gasteiger partial charge is 0.147 e. The van der Waals surface area contributed by atoms with E-state index in [0.717, 1.165) is 29.8 Å². The molecule has 41 heavy (non-hydrogen) atoms. The van der Waals surface area contributed by atoms with Gasteiger partial charge in [0.1, 0.15) is 17.7 Å². The highest BCUT2D eigenvalue weighted by Gasteiger charge is 2.19. The lowest BCUT2D eigenvalue weighted by molar-refractivity contribution is 0.760. The van der Waals surface area contributed by atoms with Crippen molar-refractivity contribution in [3.8, 4) is 6.07 Å². The first-order valence-electron chi connectivity index (χ1n) is 14.1. The topological polar surface area (TPSA) is 60.7 Å². The minimum absolute atomic E-state index is 0.0177. The molecular weight excluding hydrogens is 500 g/mol. The summed E-state index contributed by atoms with van der Waals surface area (Å²) < 4.78 is 0. The number of pyridine rings is 1. The van der Waals surface area contributed by atoms with Crippen molar-refractivity contribution >= 4 is 11.6 Å². The standard InChI is InChI=1S/C37H36N4/c1-26-14-18-29(19-15-26)23-34(31-10-6-4-7-11-31)39-36-22-28(3)33(25-38)37(41-36)40-35(32-12-8-5-9-13-32)24-30-20-16-27(2)17-21-30/h4-22,34-35H,23-24H2,1-3H3,(H2,39,40,41). The van der Waals surface area contributed by atoms with Gasteiger partial charge in [0.2, 0.25) is 0 Å². The molecule has 0 amide bonds. The van der Waals surface area contributed by atoms with E-state index in [2.05, 4.69) is 128 Å². The summed E-state index contributed by atoms with van der Waals surface area (Å²) >= 11 is 0. The zero-order chi connectivity index (χ0) is 28.6. The molecule has 0 spiro atoms. The molecule has 0 saturated carbocycles. The molecule has 5 rings (SSSR count). The maximum Gasteiger partial charge on any atom is 0.147 e. The molecule has 0 aliphatic heterocycles. The third kappa shape index (κ3) is 7.21. The number of nitriles is 1. The van der Waals surface area contributed by atoms with E-state index in [-0.39, 0.29) is 12.1 Å². The summed E-state index contributed by atoms with van der Waals surface area (Å²) in [7, 11) is 0. The molecule has 0 fully saturated rings. The van der Waals surface area contributed by atoms with Crippen LogP contribution >= 0.6 is 0 Å². The fourth-order valence-electron chi connectivity index (χ4n) is 5.13. The first-order chi connectivity index (χ1) is 20.0. The van der Waals surface area contributed by atoms with E-state index >= 15 is 0 Å². The highest BCUT2D eigenvalue weighted by atomic mass is 15.1. The monoisotopic (exact) mass is 536 g/mol. The van der Waals surface area contributed by atoms with Gasteiger partial charge < -0.3 is 10.6 Å². The van der Waals surface area contributed by atoms with Gasteiger partial charge in [-0.3, -0.25) is 0 Å². The van der Waals surface area contributed by atoms with Crippen LogP contribution in [0, 0.1) is 32.1 Å². The SMILES string of the molecule is Cc1ccc(CC(Nc2cc(C)c(C#N)c(NC(Cc3ccc(C)cc3)c3ccccc3)n2)c2ccccc2)cc1. The number of rotatable bonds is 10. The number of benzene rings is 4. The summed E-state index contributed by atoms with van der Waals surface area (Å²) in [5.41, 5.74) is 8.75. The Morgan fingerprint density at radius 3 is 1.56 bits per heavy atom. The van der Waals surface area contributed by atoms with Crippen molar-refractivity contribution in [3.63, 3.8) is 0 Å².